The van der Waals surface area contributed by atoms with Crippen LogP contribution in [0.4, 0.5) is 5.69 Å². The van der Waals surface area contributed by atoms with Gasteiger partial charge in [-0.05, 0) is 32.1 Å². The molecule has 0 amide bonds. The molecule has 0 saturated carbocycles. The smallest absolute Gasteiger partial charge is 0.269 e. The van der Waals surface area contributed by atoms with Gasteiger partial charge in [0, 0.05) is 47.4 Å². The summed E-state index contributed by atoms with van der Waals surface area (Å²) in [5.41, 5.74) is 0.239. The first-order valence-electron chi connectivity index (χ1n) is 9.40. The lowest BCUT2D eigenvalue weighted by Gasteiger charge is -2.24. The number of likely N-dealkylation sites (N-methyl/N-ethyl adjacent to an activating group) is 1. The second kappa shape index (κ2) is 7.43. The number of fused-ring (bicyclic) bond motifs is 1. The highest BCUT2D eigenvalue weighted by Gasteiger charge is 2.36. The van der Waals surface area contributed by atoms with Gasteiger partial charge in [-0.2, -0.15) is 0 Å². The number of non-ortho nitro benzene ring substituents is 1. The van der Waals surface area contributed by atoms with Crippen LogP contribution in [-0.2, 0) is 0 Å². The van der Waals surface area contributed by atoms with Gasteiger partial charge in [0.05, 0.1) is 11.5 Å². The van der Waals surface area contributed by atoms with E-state index in [9.17, 15) is 30.2 Å². The molecule has 156 valence electrons. The summed E-state index contributed by atoms with van der Waals surface area (Å²) in [4.78, 5) is 25.1. The molecular weight excluding hydrogens is 392 g/mol. The Labute approximate surface area is 170 Å². The molecule has 0 bridgehead atoms. The van der Waals surface area contributed by atoms with Gasteiger partial charge in [-0.15, -0.1) is 0 Å². The molecule has 9 heteroatoms. The number of aliphatic hydroxyl groups excluding tert-OH is 1. The van der Waals surface area contributed by atoms with E-state index in [-0.39, 0.29) is 46.7 Å². The van der Waals surface area contributed by atoms with E-state index in [1.165, 1.54) is 30.3 Å². The van der Waals surface area contributed by atoms with E-state index in [1.54, 1.807) is 0 Å². The van der Waals surface area contributed by atoms with Crippen molar-refractivity contribution in [2.24, 2.45) is 0 Å². The summed E-state index contributed by atoms with van der Waals surface area (Å²) < 4.78 is 5.97. The maximum Gasteiger partial charge on any atom is 0.269 e. The maximum absolute atomic E-state index is 12.8. The fourth-order valence-electron chi connectivity index (χ4n) is 4.18. The van der Waals surface area contributed by atoms with Gasteiger partial charge in [-0.1, -0.05) is 0 Å². The molecule has 1 aliphatic rings. The third-order valence-electron chi connectivity index (χ3n) is 5.74. The van der Waals surface area contributed by atoms with Crippen LogP contribution in [0.3, 0.4) is 0 Å². The third kappa shape index (κ3) is 3.17. The molecule has 3 N–H and O–H groups in total. The number of nitrogens with zero attached hydrogens (tertiary/aromatic N) is 2. The Morgan fingerprint density at radius 1 is 1.20 bits per heavy atom. The second-order valence-corrected chi connectivity index (χ2v) is 7.44. The number of phenols is 2. The number of aliphatic hydroxyl groups is 1. The van der Waals surface area contributed by atoms with Crippen LogP contribution in [0.15, 0.2) is 45.6 Å². The van der Waals surface area contributed by atoms with Crippen LogP contribution in [-0.4, -0.2) is 51.4 Å². The zero-order chi connectivity index (χ0) is 21.6. The van der Waals surface area contributed by atoms with Crippen molar-refractivity contribution in [2.75, 3.05) is 20.2 Å². The largest absolute Gasteiger partial charge is 0.507 e. The number of nitro benzene ring substituents is 1. The zero-order valence-corrected chi connectivity index (χ0v) is 16.1. The molecule has 1 saturated heterocycles. The SMILES string of the molecule is CN1CCC(c2c(O)cc(O)c3c(=O)cc(-c4ccc([N+](=O)[O-])cc4)oc23)C1CO. The summed E-state index contributed by atoms with van der Waals surface area (Å²) in [6, 6.07) is 7.56. The van der Waals surface area contributed by atoms with Crippen LogP contribution in [0.1, 0.15) is 17.9 Å². The van der Waals surface area contributed by atoms with Gasteiger partial charge in [0.1, 0.15) is 28.2 Å². The summed E-state index contributed by atoms with van der Waals surface area (Å²) in [6.45, 7) is 0.541. The quantitative estimate of drug-likeness (QED) is 0.439. The maximum atomic E-state index is 12.8. The van der Waals surface area contributed by atoms with Crippen LogP contribution in [0, 0.1) is 10.1 Å². The molecule has 1 aromatic heterocycles. The van der Waals surface area contributed by atoms with Crippen LogP contribution >= 0.6 is 0 Å². The first-order valence-corrected chi connectivity index (χ1v) is 9.40. The highest BCUT2D eigenvalue weighted by atomic mass is 16.6. The summed E-state index contributed by atoms with van der Waals surface area (Å²) in [6.07, 6.45) is 0.626. The molecule has 1 fully saturated rings. The average Bonchev–Trinajstić information content (AvgIpc) is 3.07. The molecule has 2 heterocycles. The van der Waals surface area contributed by atoms with Crippen LogP contribution < -0.4 is 5.43 Å². The van der Waals surface area contributed by atoms with Crippen molar-refractivity contribution < 1.29 is 24.7 Å². The molecular formula is C21H20N2O7. The molecule has 0 spiro atoms. The normalized spacial score (nSPS) is 19.4. The minimum atomic E-state index is -0.528. The summed E-state index contributed by atoms with van der Waals surface area (Å²) in [5, 5.41) is 41.5. The Balaban J connectivity index is 1.95. The van der Waals surface area contributed by atoms with Gasteiger partial charge in [-0.3, -0.25) is 14.9 Å². The number of likely N-dealkylation sites (tertiary alicyclic amines) is 1. The summed E-state index contributed by atoms with van der Waals surface area (Å²) in [7, 11) is 1.86. The molecule has 4 rings (SSSR count). The fraction of sp³-hybridized carbons (Fsp3) is 0.286. The van der Waals surface area contributed by atoms with Gasteiger partial charge < -0.3 is 24.6 Å². The fourth-order valence-corrected chi connectivity index (χ4v) is 4.18. The van der Waals surface area contributed by atoms with Crippen molar-refractivity contribution >= 4 is 16.7 Å². The molecule has 2 atom stereocenters. The van der Waals surface area contributed by atoms with Gasteiger partial charge in [0.25, 0.3) is 5.69 Å². The van der Waals surface area contributed by atoms with Crippen molar-refractivity contribution in [1.29, 1.82) is 0 Å². The third-order valence-corrected chi connectivity index (χ3v) is 5.74. The number of hydrogen-bond donors (Lipinski definition) is 3. The molecule has 2 aromatic carbocycles. The van der Waals surface area contributed by atoms with E-state index >= 15 is 0 Å². The van der Waals surface area contributed by atoms with Crippen molar-refractivity contribution in [1.82, 2.24) is 4.90 Å². The molecule has 3 aromatic rings. The summed E-state index contributed by atoms with van der Waals surface area (Å²) in [5.74, 6) is -0.774. The van der Waals surface area contributed by atoms with Gasteiger partial charge in [0.2, 0.25) is 0 Å². The topological polar surface area (TPSA) is 137 Å². The predicted octanol–water partition coefficient (Wildman–Crippen LogP) is 2.56. The Morgan fingerprint density at radius 3 is 2.53 bits per heavy atom. The van der Waals surface area contributed by atoms with Crippen LogP contribution in [0.5, 0.6) is 11.5 Å². The van der Waals surface area contributed by atoms with E-state index in [1.807, 2.05) is 11.9 Å². The Morgan fingerprint density at radius 2 is 1.90 bits per heavy atom. The number of rotatable bonds is 4. The molecule has 30 heavy (non-hydrogen) atoms. The minimum absolute atomic E-state index is 0.0482. The first-order chi connectivity index (χ1) is 14.3. The van der Waals surface area contributed by atoms with E-state index in [0.29, 0.717) is 24.1 Å². The van der Waals surface area contributed by atoms with E-state index < -0.39 is 16.1 Å². The number of aromatic hydroxyl groups is 2. The monoisotopic (exact) mass is 412 g/mol. The highest BCUT2D eigenvalue weighted by Crippen LogP contribution is 2.44. The van der Waals surface area contributed by atoms with Crippen molar-refractivity contribution in [3.8, 4) is 22.8 Å². The van der Waals surface area contributed by atoms with Gasteiger partial charge >= 0.3 is 0 Å². The standard InChI is InChI=1S/C21H20N2O7/c1-22-7-6-13(14(22)10-24)19-15(25)8-16(26)20-17(27)9-18(30-21(19)20)11-2-4-12(5-3-11)23(28)29/h2-5,8-9,13-14,24-26H,6-7,10H2,1H3. The molecule has 2 unspecified atom stereocenters. The molecule has 9 nitrogen and oxygen atoms in total. The number of nitro groups is 1. The van der Waals surface area contributed by atoms with Gasteiger partial charge in [0.15, 0.2) is 5.43 Å². The van der Waals surface area contributed by atoms with Crippen molar-refractivity contribution in [2.45, 2.75) is 18.4 Å². The number of hydrogen-bond acceptors (Lipinski definition) is 8. The van der Waals surface area contributed by atoms with Crippen molar-refractivity contribution in [3.63, 3.8) is 0 Å². The molecule has 0 radical (unpaired) electrons. The van der Waals surface area contributed by atoms with E-state index in [0.717, 1.165) is 6.07 Å². The zero-order valence-electron chi connectivity index (χ0n) is 16.1. The van der Waals surface area contributed by atoms with Crippen molar-refractivity contribution in [3.05, 3.63) is 62.3 Å². The Bertz CT molecular complexity index is 1190. The van der Waals surface area contributed by atoms with Crippen LogP contribution in [0.25, 0.3) is 22.3 Å². The van der Waals surface area contributed by atoms with Gasteiger partial charge in [-0.25, -0.2) is 0 Å². The molecule has 1 aliphatic heterocycles. The average molecular weight is 412 g/mol. The van der Waals surface area contributed by atoms with E-state index in [4.69, 9.17) is 4.42 Å². The predicted molar refractivity (Wildman–Crippen MR) is 109 cm³/mol. The molecule has 0 aliphatic carbocycles. The Hall–Kier alpha value is -3.43. The number of phenolic OH excluding ortho intramolecular Hbond substituents is 2. The number of benzene rings is 2. The Kier molecular flexibility index (Phi) is 4.92. The first kappa shape index (κ1) is 19.9. The lowest BCUT2D eigenvalue weighted by molar-refractivity contribution is -0.384. The minimum Gasteiger partial charge on any atom is -0.507 e. The highest BCUT2D eigenvalue weighted by molar-refractivity contribution is 5.89. The lowest BCUT2D eigenvalue weighted by atomic mass is 9.89. The van der Waals surface area contributed by atoms with Crippen LogP contribution in [0.2, 0.25) is 0 Å². The lowest BCUT2D eigenvalue weighted by Crippen LogP contribution is -2.32. The summed E-state index contributed by atoms with van der Waals surface area (Å²) >= 11 is 0. The van der Waals surface area contributed by atoms with E-state index in [2.05, 4.69) is 0 Å². The second-order valence-electron chi connectivity index (χ2n) is 7.44.